The number of nitrogens with zero attached hydrogens (tertiary/aromatic N) is 1. The Balaban J connectivity index is 0.00000180. The average molecular weight is 305 g/mol. The minimum absolute atomic E-state index is 0. The van der Waals surface area contributed by atoms with Gasteiger partial charge in [0.2, 0.25) is 0 Å². The minimum Gasteiger partial charge on any atom is -0.482 e. The molecule has 0 spiro atoms. The van der Waals surface area contributed by atoms with Crippen molar-refractivity contribution in [3.63, 3.8) is 0 Å². The van der Waals surface area contributed by atoms with Crippen LogP contribution in [0.3, 0.4) is 0 Å². The fourth-order valence-corrected chi connectivity index (χ4v) is 2.08. The van der Waals surface area contributed by atoms with Gasteiger partial charge in [-0.25, -0.2) is 0 Å². The van der Waals surface area contributed by atoms with Gasteiger partial charge in [0, 0.05) is 19.6 Å². The highest BCUT2D eigenvalue weighted by Gasteiger charge is 2.15. The Labute approximate surface area is 124 Å². The van der Waals surface area contributed by atoms with Gasteiger partial charge in [0.1, 0.15) is 5.75 Å². The molecule has 6 heteroatoms. The molecule has 0 atom stereocenters. The highest BCUT2D eigenvalue weighted by molar-refractivity contribution is 6.32. The highest BCUT2D eigenvalue weighted by atomic mass is 35.5. The van der Waals surface area contributed by atoms with Crippen molar-refractivity contribution in [2.75, 3.05) is 32.8 Å². The van der Waals surface area contributed by atoms with E-state index < -0.39 is 0 Å². The molecule has 1 aromatic carbocycles. The number of para-hydroxylation sites is 1. The minimum atomic E-state index is 0. The highest BCUT2D eigenvalue weighted by Crippen LogP contribution is 2.22. The van der Waals surface area contributed by atoms with Gasteiger partial charge in [0.25, 0.3) is 5.91 Å². The maximum atomic E-state index is 12.0. The summed E-state index contributed by atoms with van der Waals surface area (Å²) in [6.45, 7) is 3.39. The second-order valence-corrected chi connectivity index (χ2v) is 4.61. The van der Waals surface area contributed by atoms with Gasteiger partial charge < -0.3 is 15.0 Å². The van der Waals surface area contributed by atoms with Crippen molar-refractivity contribution >= 4 is 29.9 Å². The average Bonchev–Trinajstić information content (AvgIpc) is 2.66. The fraction of sp³-hybridized carbons (Fsp3) is 0.462. The summed E-state index contributed by atoms with van der Waals surface area (Å²) in [5.41, 5.74) is 0. The first kappa shape index (κ1) is 16.1. The van der Waals surface area contributed by atoms with E-state index in [0.717, 1.165) is 32.6 Å². The molecule has 1 aromatic rings. The molecule has 1 saturated heterocycles. The van der Waals surface area contributed by atoms with Crippen LogP contribution in [0.25, 0.3) is 0 Å². The summed E-state index contributed by atoms with van der Waals surface area (Å²) in [5, 5.41) is 3.79. The number of carbonyl (C=O) groups excluding carboxylic acids is 1. The number of ether oxygens (including phenoxy) is 1. The first-order valence-electron chi connectivity index (χ1n) is 6.13. The van der Waals surface area contributed by atoms with Crippen LogP contribution in [0.1, 0.15) is 6.42 Å². The van der Waals surface area contributed by atoms with E-state index in [0.29, 0.717) is 10.8 Å². The van der Waals surface area contributed by atoms with Crippen molar-refractivity contribution in [3.8, 4) is 5.75 Å². The number of hydrogen-bond acceptors (Lipinski definition) is 3. The van der Waals surface area contributed by atoms with Crippen molar-refractivity contribution < 1.29 is 9.53 Å². The Kier molecular flexibility index (Phi) is 6.99. The van der Waals surface area contributed by atoms with Gasteiger partial charge in [-0.3, -0.25) is 4.79 Å². The summed E-state index contributed by atoms with van der Waals surface area (Å²) in [5.74, 6) is 0.569. The lowest BCUT2D eigenvalue weighted by Crippen LogP contribution is -2.37. The number of rotatable bonds is 3. The Bertz CT molecular complexity index is 407. The molecule has 0 radical (unpaired) electrons. The molecule has 0 aromatic heterocycles. The van der Waals surface area contributed by atoms with Crippen molar-refractivity contribution in [1.82, 2.24) is 10.2 Å². The molecule has 4 nitrogen and oxygen atoms in total. The summed E-state index contributed by atoms with van der Waals surface area (Å²) < 4.78 is 5.45. The zero-order chi connectivity index (χ0) is 12.8. The molecular formula is C13H18Cl2N2O2. The van der Waals surface area contributed by atoms with E-state index in [1.807, 2.05) is 17.0 Å². The summed E-state index contributed by atoms with van der Waals surface area (Å²) in [6.07, 6.45) is 0.984. The lowest BCUT2D eigenvalue weighted by Gasteiger charge is -2.20. The molecule has 0 bridgehead atoms. The molecular weight excluding hydrogens is 287 g/mol. The molecule has 0 unspecified atom stereocenters. The lowest BCUT2D eigenvalue weighted by molar-refractivity contribution is -0.133. The standard InChI is InChI=1S/C13H17ClN2O2.ClH/c14-11-4-1-2-5-12(11)18-10-13(17)16-8-3-6-15-7-9-16;/h1-2,4-5,15H,3,6-10H2;1H. The molecule has 0 saturated carbocycles. The maximum Gasteiger partial charge on any atom is 0.260 e. The third kappa shape index (κ3) is 4.90. The van der Waals surface area contributed by atoms with E-state index in [9.17, 15) is 4.79 Å². The van der Waals surface area contributed by atoms with Gasteiger partial charge in [0.15, 0.2) is 6.61 Å². The van der Waals surface area contributed by atoms with E-state index >= 15 is 0 Å². The van der Waals surface area contributed by atoms with Gasteiger partial charge >= 0.3 is 0 Å². The molecule has 1 amide bonds. The number of nitrogens with one attached hydrogen (secondary N) is 1. The zero-order valence-corrected chi connectivity index (χ0v) is 12.2. The van der Waals surface area contributed by atoms with Crippen LogP contribution in [-0.2, 0) is 4.79 Å². The topological polar surface area (TPSA) is 41.6 Å². The van der Waals surface area contributed by atoms with Crippen molar-refractivity contribution in [2.24, 2.45) is 0 Å². The largest absolute Gasteiger partial charge is 0.482 e. The van der Waals surface area contributed by atoms with Crippen LogP contribution in [0.2, 0.25) is 5.02 Å². The second kappa shape index (κ2) is 8.25. The molecule has 2 rings (SSSR count). The van der Waals surface area contributed by atoms with Gasteiger partial charge in [-0.1, -0.05) is 23.7 Å². The molecule has 1 fully saturated rings. The Morgan fingerprint density at radius 1 is 1.32 bits per heavy atom. The Morgan fingerprint density at radius 3 is 2.89 bits per heavy atom. The fourth-order valence-electron chi connectivity index (χ4n) is 1.89. The SMILES string of the molecule is Cl.O=C(COc1ccccc1Cl)N1CCCNCC1. The molecule has 1 N–H and O–H groups in total. The summed E-state index contributed by atoms with van der Waals surface area (Å²) in [6, 6.07) is 7.18. The van der Waals surface area contributed by atoms with E-state index in [2.05, 4.69) is 5.32 Å². The molecule has 19 heavy (non-hydrogen) atoms. The normalized spacial score (nSPS) is 15.3. The third-order valence-electron chi connectivity index (χ3n) is 2.88. The van der Waals surface area contributed by atoms with Crippen LogP contribution in [-0.4, -0.2) is 43.6 Å². The molecule has 1 aliphatic heterocycles. The first-order chi connectivity index (χ1) is 8.77. The van der Waals surface area contributed by atoms with Crippen LogP contribution in [0.4, 0.5) is 0 Å². The third-order valence-corrected chi connectivity index (χ3v) is 3.19. The predicted octanol–water partition coefficient (Wildman–Crippen LogP) is 1.96. The first-order valence-corrected chi connectivity index (χ1v) is 6.51. The van der Waals surface area contributed by atoms with E-state index in [1.54, 1.807) is 12.1 Å². The van der Waals surface area contributed by atoms with Gasteiger partial charge in [-0.05, 0) is 25.1 Å². The van der Waals surface area contributed by atoms with Crippen molar-refractivity contribution in [1.29, 1.82) is 0 Å². The maximum absolute atomic E-state index is 12.0. The van der Waals surface area contributed by atoms with Crippen molar-refractivity contribution in [3.05, 3.63) is 29.3 Å². The number of benzene rings is 1. The van der Waals surface area contributed by atoms with Crippen LogP contribution in [0.5, 0.6) is 5.75 Å². The predicted molar refractivity (Wildman–Crippen MR) is 78.3 cm³/mol. The van der Waals surface area contributed by atoms with E-state index in [1.165, 1.54) is 0 Å². The van der Waals surface area contributed by atoms with Gasteiger partial charge in [0.05, 0.1) is 5.02 Å². The molecule has 1 aliphatic rings. The molecule has 106 valence electrons. The summed E-state index contributed by atoms with van der Waals surface area (Å²) >= 11 is 5.96. The smallest absolute Gasteiger partial charge is 0.260 e. The lowest BCUT2D eigenvalue weighted by atomic mass is 10.3. The number of carbonyl (C=O) groups is 1. The van der Waals surface area contributed by atoms with Crippen LogP contribution >= 0.6 is 24.0 Å². The zero-order valence-electron chi connectivity index (χ0n) is 10.6. The van der Waals surface area contributed by atoms with Crippen LogP contribution in [0, 0.1) is 0 Å². The van der Waals surface area contributed by atoms with Gasteiger partial charge in [-0.2, -0.15) is 0 Å². The summed E-state index contributed by atoms with van der Waals surface area (Å²) in [4.78, 5) is 13.8. The van der Waals surface area contributed by atoms with Crippen molar-refractivity contribution in [2.45, 2.75) is 6.42 Å². The van der Waals surface area contributed by atoms with Gasteiger partial charge in [-0.15, -0.1) is 12.4 Å². The Morgan fingerprint density at radius 2 is 2.11 bits per heavy atom. The Hall–Kier alpha value is -0.970. The van der Waals surface area contributed by atoms with E-state index in [4.69, 9.17) is 16.3 Å². The monoisotopic (exact) mass is 304 g/mol. The van der Waals surface area contributed by atoms with Crippen LogP contribution < -0.4 is 10.1 Å². The number of hydrogen-bond donors (Lipinski definition) is 1. The second-order valence-electron chi connectivity index (χ2n) is 4.20. The molecule has 1 heterocycles. The van der Waals surface area contributed by atoms with E-state index in [-0.39, 0.29) is 24.9 Å². The quantitative estimate of drug-likeness (QED) is 0.928. The number of halogens is 2. The number of amides is 1. The van der Waals surface area contributed by atoms with Crippen LogP contribution in [0.15, 0.2) is 24.3 Å². The summed E-state index contributed by atoms with van der Waals surface area (Å²) in [7, 11) is 0. The molecule has 0 aliphatic carbocycles.